The molecule has 0 saturated carbocycles. The molecule has 0 bridgehead atoms. The maximum absolute atomic E-state index is 12.2. The summed E-state index contributed by atoms with van der Waals surface area (Å²) in [7, 11) is 0. The Kier molecular flexibility index (Phi) is 3.54. The van der Waals surface area contributed by atoms with Gasteiger partial charge in [0.1, 0.15) is 0 Å². The maximum atomic E-state index is 12.2. The topological polar surface area (TPSA) is 85.0 Å². The smallest absolute Gasteiger partial charge is 0.323 e. The van der Waals surface area contributed by atoms with Gasteiger partial charge in [-0.05, 0) is 42.2 Å². The summed E-state index contributed by atoms with van der Waals surface area (Å²) >= 11 is 0. The van der Waals surface area contributed by atoms with Crippen LogP contribution in [0, 0.1) is 0 Å². The van der Waals surface area contributed by atoms with Crippen molar-refractivity contribution < 1.29 is 19.4 Å². The highest BCUT2D eigenvalue weighted by atomic mass is 16.7. The first-order chi connectivity index (χ1) is 11.6. The minimum atomic E-state index is -0.581. The highest BCUT2D eigenvalue weighted by Gasteiger charge is 2.26. The molecule has 0 spiro atoms. The molecule has 1 atom stereocenters. The summed E-state index contributed by atoms with van der Waals surface area (Å²) < 4.78 is 10.7. The van der Waals surface area contributed by atoms with E-state index in [1.807, 2.05) is 18.2 Å². The van der Waals surface area contributed by atoms with Gasteiger partial charge in [0.05, 0.1) is 17.5 Å². The number of hydrogen-bond donors (Lipinski definition) is 2. The molecule has 2 aromatic rings. The summed E-state index contributed by atoms with van der Waals surface area (Å²) in [6.07, 6.45) is 1.64. The van der Waals surface area contributed by atoms with Crippen LogP contribution in [-0.2, 0) is 12.8 Å². The quantitative estimate of drug-likeness (QED) is 0.888. The number of aliphatic hydroxyl groups is 1. The number of fused-ring (bicyclic) bond motifs is 2. The van der Waals surface area contributed by atoms with E-state index in [4.69, 9.17) is 15.2 Å². The molecular formula is C18H18N2O4. The fourth-order valence-corrected chi connectivity index (χ4v) is 3.37. The van der Waals surface area contributed by atoms with Gasteiger partial charge in [0.2, 0.25) is 6.79 Å². The molecule has 1 heterocycles. The molecular weight excluding hydrogens is 308 g/mol. The number of anilines is 2. The van der Waals surface area contributed by atoms with Gasteiger partial charge in [-0.2, -0.15) is 0 Å². The van der Waals surface area contributed by atoms with Crippen molar-refractivity contribution >= 4 is 17.4 Å². The van der Waals surface area contributed by atoms with Crippen LogP contribution in [0.25, 0.3) is 0 Å². The molecule has 0 saturated heterocycles. The third kappa shape index (κ3) is 2.45. The number of benzene rings is 2. The molecule has 1 unspecified atom stereocenters. The van der Waals surface area contributed by atoms with E-state index in [9.17, 15) is 9.90 Å². The zero-order chi connectivity index (χ0) is 16.7. The number of hydrogen-bond acceptors (Lipinski definition) is 4. The normalized spacial score (nSPS) is 18.1. The van der Waals surface area contributed by atoms with Crippen LogP contribution in [0.3, 0.4) is 0 Å². The Balaban J connectivity index is 1.81. The van der Waals surface area contributed by atoms with E-state index >= 15 is 0 Å². The predicted octanol–water partition coefficient (Wildman–Crippen LogP) is 2.48. The van der Waals surface area contributed by atoms with Crippen molar-refractivity contribution in [3.8, 4) is 11.5 Å². The van der Waals surface area contributed by atoms with Crippen molar-refractivity contribution in [3.63, 3.8) is 0 Å². The third-order valence-corrected chi connectivity index (χ3v) is 4.51. The molecule has 0 radical (unpaired) electrons. The predicted molar refractivity (Wildman–Crippen MR) is 88.8 cm³/mol. The molecule has 0 fully saturated rings. The third-order valence-electron chi connectivity index (χ3n) is 4.51. The van der Waals surface area contributed by atoms with Gasteiger partial charge in [0.25, 0.3) is 0 Å². The highest BCUT2D eigenvalue weighted by Crippen LogP contribution is 2.39. The standard InChI is InChI=1S/C18H18N2O4/c19-18(22)20(12-5-7-16-17(8-12)24-10-23-16)15-3-1-2-11-4-6-13(21)9-14(11)15/h1-3,5,7-8,13,21H,4,6,9-10H2,(H2,19,22). The summed E-state index contributed by atoms with van der Waals surface area (Å²) in [6, 6.07) is 10.5. The Morgan fingerprint density at radius 2 is 2.04 bits per heavy atom. The van der Waals surface area contributed by atoms with E-state index in [2.05, 4.69) is 0 Å². The number of urea groups is 1. The van der Waals surface area contributed by atoms with Crippen LogP contribution in [-0.4, -0.2) is 24.0 Å². The van der Waals surface area contributed by atoms with E-state index in [-0.39, 0.29) is 6.79 Å². The van der Waals surface area contributed by atoms with Crippen molar-refractivity contribution in [1.82, 2.24) is 0 Å². The minimum Gasteiger partial charge on any atom is -0.454 e. The van der Waals surface area contributed by atoms with Gasteiger partial charge < -0.3 is 20.3 Å². The first-order valence-electron chi connectivity index (χ1n) is 7.91. The van der Waals surface area contributed by atoms with E-state index in [1.54, 1.807) is 18.2 Å². The van der Waals surface area contributed by atoms with Crippen molar-refractivity contribution in [1.29, 1.82) is 0 Å². The molecule has 1 aliphatic heterocycles. The SMILES string of the molecule is NC(=O)N(c1ccc2c(c1)OCO2)c1cccc2c1CC(O)CC2. The van der Waals surface area contributed by atoms with Gasteiger partial charge in [-0.1, -0.05) is 12.1 Å². The summed E-state index contributed by atoms with van der Waals surface area (Å²) in [5, 5.41) is 10.0. The van der Waals surface area contributed by atoms with Crippen molar-refractivity contribution in [3.05, 3.63) is 47.5 Å². The second kappa shape index (κ2) is 5.72. The first-order valence-corrected chi connectivity index (χ1v) is 7.91. The fraction of sp³-hybridized carbons (Fsp3) is 0.278. The van der Waals surface area contributed by atoms with Gasteiger partial charge in [0.15, 0.2) is 11.5 Å². The highest BCUT2D eigenvalue weighted by molar-refractivity contribution is 5.99. The number of carbonyl (C=O) groups excluding carboxylic acids is 1. The minimum absolute atomic E-state index is 0.169. The maximum Gasteiger partial charge on any atom is 0.323 e. The Labute approximate surface area is 139 Å². The van der Waals surface area contributed by atoms with Crippen LogP contribution in [0.4, 0.5) is 16.2 Å². The average Bonchev–Trinajstić information content (AvgIpc) is 3.03. The van der Waals surface area contributed by atoms with Crippen molar-refractivity contribution in [2.75, 3.05) is 11.7 Å². The van der Waals surface area contributed by atoms with E-state index in [0.29, 0.717) is 29.3 Å². The number of aryl methyl sites for hydroxylation is 1. The summed E-state index contributed by atoms with van der Waals surface area (Å²) in [5.41, 5.74) is 9.09. The Hall–Kier alpha value is -2.73. The summed E-state index contributed by atoms with van der Waals surface area (Å²) in [4.78, 5) is 13.6. The number of carbonyl (C=O) groups is 1. The first kappa shape index (κ1) is 14.8. The van der Waals surface area contributed by atoms with Crippen molar-refractivity contribution in [2.45, 2.75) is 25.4 Å². The Morgan fingerprint density at radius 1 is 1.21 bits per heavy atom. The monoisotopic (exact) mass is 326 g/mol. The van der Waals surface area contributed by atoms with Crippen LogP contribution >= 0.6 is 0 Å². The second-order valence-corrected chi connectivity index (χ2v) is 6.02. The Morgan fingerprint density at radius 3 is 2.88 bits per heavy atom. The lowest BCUT2D eigenvalue weighted by atomic mass is 9.88. The molecule has 0 aromatic heterocycles. The van der Waals surface area contributed by atoms with Crippen molar-refractivity contribution in [2.24, 2.45) is 5.73 Å². The number of nitrogens with zero attached hydrogens (tertiary/aromatic N) is 1. The summed E-state index contributed by atoms with van der Waals surface area (Å²) in [6.45, 7) is 0.169. The molecule has 2 aromatic carbocycles. The van der Waals surface area contributed by atoms with Crippen LogP contribution in [0.2, 0.25) is 0 Å². The fourth-order valence-electron chi connectivity index (χ4n) is 3.37. The van der Waals surface area contributed by atoms with Gasteiger partial charge in [-0.25, -0.2) is 4.79 Å². The lowest BCUT2D eigenvalue weighted by molar-refractivity contribution is 0.158. The number of primary amides is 1. The van der Waals surface area contributed by atoms with Gasteiger partial charge in [-0.3, -0.25) is 4.90 Å². The Bertz CT molecular complexity index is 806. The van der Waals surface area contributed by atoms with E-state index < -0.39 is 12.1 Å². The lowest BCUT2D eigenvalue weighted by Crippen LogP contribution is -2.33. The van der Waals surface area contributed by atoms with Crippen LogP contribution in [0.15, 0.2) is 36.4 Å². The molecule has 3 N–H and O–H groups in total. The summed E-state index contributed by atoms with van der Waals surface area (Å²) in [5.74, 6) is 1.23. The zero-order valence-corrected chi connectivity index (χ0v) is 13.1. The van der Waals surface area contributed by atoms with Crippen LogP contribution in [0.5, 0.6) is 11.5 Å². The number of amides is 2. The van der Waals surface area contributed by atoms with E-state index in [1.165, 1.54) is 4.90 Å². The molecule has 4 rings (SSSR count). The van der Waals surface area contributed by atoms with E-state index in [0.717, 1.165) is 24.0 Å². The van der Waals surface area contributed by atoms with Crippen LogP contribution < -0.4 is 20.1 Å². The molecule has 6 heteroatoms. The molecule has 6 nitrogen and oxygen atoms in total. The largest absolute Gasteiger partial charge is 0.454 e. The number of aliphatic hydroxyl groups excluding tert-OH is 1. The van der Waals surface area contributed by atoms with Gasteiger partial charge in [0, 0.05) is 12.5 Å². The number of nitrogens with two attached hydrogens (primary N) is 1. The second-order valence-electron chi connectivity index (χ2n) is 6.02. The molecule has 1 aliphatic carbocycles. The molecule has 124 valence electrons. The molecule has 2 aliphatic rings. The van der Waals surface area contributed by atoms with Gasteiger partial charge >= 0.3 is 6.03 Å². The van der Waals surface area contributed by atoms with Crippen LogP contribution in [0.1, 0.15) is 17.5 Å². The average molecular weight is 326 g/mol. The molecule has 24 heavy (non-hydrogen) atoms. The number of ether oxygens (including phenoxy) is 2. The lowest BCUT2D eigenvalue weighted by Gasteiger charge is -2.28. The molecule has 2 amide bonds. The van der Waals surface area contributed by atoms with Gasteiger partial charge in [-0.15, -0.1) is 0 Å². The number of rotatable bonds is 2. The zero-order valence-electron chi connectivity index (χ0n) is 13.1.